The maximum Gasteiger partial charge on any atom is 0.419 e. The molecule has 0 radical (unpaired) electrons. The highest BCUT2D eigenvalue weighted by Crippen LogP contribution is 2.34. The van der Waals surface area contributed by atoms with E-state index in [2.05, 4.69) is 0 Å². The Morgan fingerprint density at radius 3 is 2.57 bits per heavy atom. The molecule has 1 aromatic heterocycles. The average Bonchev–Trinajstić information content (AvgIpc) is 2.97. The zero-order chi connectivity index (χ0) is 15.2. The Kier molecular flexibility index (Phi) is 3.36. The summed E-state index contributed by atoms with van der Waals surface area (Å²) in [6, 6.07) is 4.11. The second-order valence-corrected chi connectivity index (χ2v) is 6.07. The van der Waals surface area contributed by atoms with Crippen LogP contribution in [0.1, 0.15) is 37.7 Å². The summed E-state index contributed by atoms with van der Waals surface area (Å²) in [7, 11) is 0. The maximum atomic E-state index is 13.2. The summed E-state index contributed by atoms with van der Waals surface area (Å²) >= 11 is 1.32. The van der Waals surface area contributed by atoms with Gasteiger partial charge in [-0.2, -0.15) is 13.2 Å². The summed E-state index contributed by atoms with van der Waals surface area (Å²) in [5.74, 6) is -1.85. The molecule has 1 aromatic carbocycles. The van der Waals surface area contributed by atoms with Crippen molar-refractivity contribution in [3.63, 3.8) is 0 Å². The molecular formula is C15H10F4OS. The normalized spacial score (nSPS) is 14.3. The number of carbonyl (C=O) groups is 1. The van der Waals surface area contributed by atoms with E-state index in [1.165, 1.54) is 11.3 Å². The average molecular weight is 314 g/mol. The molecule has 1 heterocycles. The van der Waals surface area contributed by atoms with Gasteiger partial charge in [-0.25, -0.2) is 4.39 Å². The fourth-order valence-electron chi connectivity index (χ4n) is 2.47. The molecule has 0 unspecified atom stereocenters. The lowest BCUT2D eigenvalue weighted by Gasteiger charge is -2.09. The maximum absolute atomic E-state index is 13.2. The van der Waals surface area contributed by atoms with Crippen LogP contribution in [0.5, 0.6) is 0 Å². The van der Waals surface area contributed by atoms with Crippen LogP contribution in [0.15, 0.2) is 24.3 Å². The van der Waals surface area contributed by atoms with Crippen LogP contribution >= 0.6 is 11.3 Å². The molecule has 1 nitrogen and oxygen atoms in total. The van der Waals surface area contributed by atoms with Gasteiger partial charge in [0.25, 0.3) is 0 Å². The molecule has 6 heteroatoms. The van der Waals surface area contributed by atoms with Crippen LogP contribution in [-0.4, -0.2) is 5.78 Å². The second-order valence-electron chi connectivity index (χ2n) is 4.93. The van der Waals surface area contributed by atoms with Crippen molar-refractivity contribution >= 4 is 17.1 Å². The van der Waals surface area contributed by atoms with Gasteiger partial charge in [-0.15, -0.1) is 11.3 Å². The molecule has 0 aliphatic heterocycles. The minimum atomic E-state index is -4.81. The Labute approximate surface area is 122 Å². The Balaban J connectivity index is 1.98. The summed E-state index contributed by atoms with van der Waals surface area (Å²) in [4.78, 5) is 13.8. The van der Waals surface area contributed by atoms with Crippen LogP contribution in [0.3, 0.4) is 0 Å². The van der Waals surface area contributed by atoms with Crippen LogP contribution in [0.25, 0.3) is 0 Å². The van der Waals surface area contributed by atoms with Gasteiger partial charge in [-0.1, -0.05) is 0 Å². The first-order valence-electron chi connectivity index (χ1n) is 6.39. The van der Waals surface area contributed by atoms with Gasteiger partial charge in [0, 0.05) is 10.4 Å². The molecule has 21 heavy (non-hydrogen) atoms. The Hall–Kier alpha value is -1.69. The van der Waals surface area contributed by atoms with Crippen LogP contribution in [-0.2, 0) is 19.0 Å². The van der Waals surface area contributed by atoms with E-state index < -0.39 is 23.3 Å². The number of rotatable bonds is 2. The minimum absolute atomic E-state index is 0.136. The third-order valence-corrected chi connectivity index (χ3v) is 4.74. The van der Waals surface area contributed by atoms with Gasteiger partial charge in [0.05, 0.1) is 10.4 Å². The summed E-state index contributed by atoms with van der Waals surface area (Å²) in [5, 5.41) is 0. The summed E-state index contributed by atoms with van der Waals surface area (Å²) in [6.07, 6.45) is -1.96. The fourth-order valence-corrected chi connectivity index (χ4v) is 3.68. The number of aryl methyl sites for hydroxylation is 2. The third kappa shape index (κ3) is 2.60. The van der Waals surface area contributed by atoms with Gasteiger partial charge in [0.15, 0.2) is 0 Å². The van der Waals surface area contributed by atoms with Crippen molar-refractivity contribution in [1.82, 2.24) is 0 Å². The van der Waals surface area contributed by atoms with Crippen LogP contribution in [0.2, 0.25) is 0 Å². The van der Waals surface area contributed by atoms with E-state index >= 15 is 0 Å². The number of fused-ring (bicyclic) bond motifs is 1. The monoisotopic (exact) mass is 314 g/mol. The van der Waals surface area contributed by atoms with Crippen molar-refractivity contribution in [2.24, 2.45) is 0 Å². The van der Waals surface area contributed by atoms with Crippen molar-refractivity contribution in [3.05, 3.63) is 56.5 Å². The van der Waals surface area contributed by atoms with E-state index in [-0.39, 0.29) is 5.56 Å². The molecule has 1 aliphatic rings. The first-order valence-corrected chi connectivity index (χ1v) is 7.21. The van der Waals surface area contributed by atoms with Crippen molar-refractivity contribution < 1.29 is 22.4 Å². The standard InChI is InChI=1S/C15H10F4OS/c16-11-5-4-9(6-10(11)15(17,18)19)14(20)13-7-8-2-1-3-12(8)21-13/h4-7H,1-3H2. The summed E-state index contributed by atoms with van der Waals surface area (Å²) < 4.78 is 51.3. The molecule has 110 valence electrons. The number of hydrogen-bond acceptors (Lipinski definition) is 2. The zero-order valence-corrected chi connectivity index (χ0v) is 11.6. The molecule has 2 aromatic rings. The highest BCUT2D eigenvalue weighted by Gasteiger charge is 2.35. The highest BCUT2D eigenvalue weighted by molar-refractivity contribution is 7.14. The molecule has 0 bridgehead atoms. The topological polar surface area (TPSA) is 17.1 Å². The number of thiophene rings is 1. The van der Waals surface area contributed by atoms with E-state index in [0.717, 1.165) is 35.8 Å². The second kappa shape index (κ2) is 4.94. The number of hydrogen-bond donors (Lipinski definition) is 0. The van der Waals surface area contributed by atoms with Gasteiger partial charge in [-0.05, 0) is 49.1 Å². The molecule has 0 saturated heterocycles. The van der Waals surface area contributed by atoms with E-state index in [4.69, 9.17) is 0 Å². The molecule has 0 amide bonds. The largest absolute Gasteiger partial charge is 0.419 e. The summed E-state index contributed by atoms with van der Waals surface area (Å²) in [5.41, 5.74) is -0.442. The van der Waals surface area contributed by atoms with Crippen molar-refractivity contribution in [3.8, 4) is 0 Å². The lowest BCUT2D eigenvalue weighted by molar-refractivity contribution is -0.140. The van der Waals surface area contributed by atoms with E-state index in [9.17, 15) is 22.4 Å². The minimum Gasteiger partial charge on any atom is -0.288 e. The van der Waals surface area contributed by atoms with E-state index in [1.807, 2.05) is 0 Å². The first kappa shape index (κ1) is 14.3. The molecular weight excluding hydrogens is 304 g/mol. The zero-order valence-electron chi connectivity index (χ0n) is 10.8. The highest BCUT2D eigenvalue weighted by atomic mass is 32.1. The quantitative estimate of drug-likeness (QED) is 0.583. The number of alkyl halides is 3. The molecule has 3 rings (SSSR count). The van der Waals surface area contributed by atoms with Crippen molar-refractivity contribution in [1.29, 1.82) is 0 Å². The lowest BCUT2D eigenvalue weighted by atomic mass is 10.0. The van der Waals surface area contributed by atoms with E-state index in [0.29, 0.717) is 17.0 Å². The van der Waals surface area contributed by atoms with Gasteiger partial charge in [-0.3, -0.25) is 4.79 Å². The van der Waals surface area contributed by atoms with Gasteiger partial charge in [0.2, 0.25) is 5.78 Å². The molecule has 0 saturated carbocycles. The Morgan fingerprint density at radius 1 is 1.14 bits per heavy atom. The molecule has 0 fully saturated rings. The molecule has 1 aliphatic carbocycles. The van der Waals surface area contributed by atoms with Crippen LogP contribution in [0, 0.1) is 5.82 Å². The predicted octanol–water partition coefficient (Wildman–Crippen LogP) is 4.63. The van der Waals surface area contributed by atoms with Crippen LogP contribution in [0.4, 0.5) is 17.6 Å². The fraction of sp³-hybridized carbons (Fsp3) is 0.267. The number of halogens is 4. The van der Waals surface area contributed by atoms with Crippen molar-refractivity contribution in [2.45, 2.75) is 25.4 Å². The van der Waals surface area contributed by atoms with Crippen LogP contribution < -0.4 is 0 Å². The lowest BCUT2D eigenvalue weighted by Crippen LogP contribution is -2.10. The first-order chi connectivity index (χ1) is 9.86. The SMILES string of the molecule is O=C(c1ccc(F)c(C(F)(F)F)c1)c1cc2c(s1)CCC2. The van der Waals surface area contributed by atoms with E-state index in [1.54, 1.807) is 6.07 Å². The van der Waals surface area contributed by atoms with Crippen molar-refractivity contribution in [2.75, 3.05) is 0 Å². The Morgan fingerprint density at radius 2 is 1.90 bits per heavy atom. The molecule has 0 spiro atoms. The van der Waals surface area contributed by atoms with Gasteiger partial charge in [0.1, 0.15) is 5.82 Å². The predicted molar refractivity (Wildman–Crippen MR) is 71.2 cm³/mol. The molecule has 0 atom stereocenters. The van der Waals surface area contributed by atoms with Gasteiger partial charge >= 0.3 is 6.18 Å². The van der Waals surface area contributed by atoms with Gasteiger partial charge < -0.3 is 0 Å². The molecule has 0 N–H and O–H groups in total. The summed E-state index contributed by atoms with van der Waals surface area (Å²) in [6.45, 7) is 0. The number of benzene rings is 1. The third-order valence-electron chi connectivity index (χ3n) is 3.50. The Bertz CT molecular complexity index is 693. The number of carbonyl (C=O) groups excluding carboxylic acids is 1. The smallest absolute Gasteiger partial charge is 0.288 e. The number of ketones is 1.